The van der Waals surface area contributed by atoms with Crippen molar-refractivity contribution in [3.8, 4) is 5.75 Å². The number of anilines is 2. The van der Waals surface area contributed by atoms with Crippen LogP contribution >= 0.6 is 0 Å². The van der Waals surface area contributed by atoms with Gasteiger partial charge in [-0.05, 0) is 35.4 Å². The van der Waals surface area contributed by atoms with Crippen LogP contribution in [0.3, 0.4) is 0 Å². The molecule has 0 radical (unpaired) electrons. The summed E-state index contributed by atoms with van der Waals surface area (Å²) in [6.07, 6.45) is 0. The number of rotatable bonds is 3. The van der Waals surface area contributed by atoms with Crippen molar-refractivity contribution in [3.05, 3.63) is 53.6 Å². The Hall–Kier alpha value is -2.16. The van der Waals surface area contributed by atoms with Crippen molar-refractivity contribution in [1.82, 2.24) is 0 Å². The molecule has 0 bridgehead atoms. The van der Waals surface area contributed by atoms with Crippen LogP contribution in [0, 0.1) is 0 Å². The SMILES string of the molecule is CNc1ccc2c(c1)CN(c1cccc(OC)c1)C2. The normalized spacial score (nSPS) is 13.3. The molecule has 0 fully saturated rings. The Morgan fingerprint density at radius 2 is 1.89 bits per heavy atom. The quantitative estimate of drug-likeness (QED) is 0.910. The first-order chi connectivity index (χ1) is 9.30. The second-order valence-electron chi connectivity index (χ2n) is 4.79. The molecule has 0 aromatic heterocycles. The van der Waals surface area contributed by atoms with Crippen LogP contribution in [-0.2, 0) is 13.1 Å². The van der Waals surface area contributed by atoms with E-state index in [2.05, 4.69) is 40.5 Å². The van der Waals surface area contributed by atoms with E-state index >= 15 is 0 Å². The van der Waals surface area contributed by atoms with Crippen LogP contribution < -0.4 is 15.0 Å². The Labute approximate surface area is 113 Å². The highest BCUT2D eigenvalue weighted by Crippen LogP contribution is 2.31. The third-order valence-corrected chi connectivity index (χ3v) is 3.64. The lowest BCUT2D eigenvalue weighted by Gasteiger charge is -2.18. The lowest BCUT2D eigenvalue weighted by atomic mass is 10.1. The van der Waals surface area contributed by atoms with E-state index in [1.807, 2.05) is 19.2 Å². The van der Waals surface area contributed by atoms with Crippen molar-refractivity contribution in [2.45, 2.75) is 13.1 Å². The van der Waals surface area contributed by atoms with Crippen molar-refractivity contribution >= 4 is 11.4 Å². The van der Waals surface area contributed by atoms with Crippen molar-refractivity contribution in [3.63, 3.8) is 0 Å². The van der Waals surface area contributed by atoms with E-state index in [1.165, 1.54) is 22.5 Å². The Morgan fingerprint density at radius 1 is 1.05 bits per heavy atom. The minimum atomic E-state index is 0.907. The summed E-state index contributed by atoms with van der Waals surface area (Å²) in [6.45, 7) is 1.92. The Kier molecular flexibility index (Phi) is 3.03. The molecule has 0 aliphatic carbocycles. The molecule has 1 aliphatic rings. The highest BCUT2D eigenvalue weighted by atomic mass is 16.5. The maximum absolute atomic E-state index is 5.29. The van der Waals surface area contributed by atoms with E-state index in [1.54, 1.807) is 7.11 Å². The third kappa shape index (κ3) is 2.24. The summed E-state index contributed by atoms with van der Waals surface area (Å²) in [5.41, 5.74) is 5.18. The van der Waals surface area contributed by atoms with Gasteiger partial charge in [-0.15, -0.1) is 0 Å². The molecule has 0 saturated carbocycles. The highest BCUT2D eigenvalue weighted by molar-refractivity contribution is 5.57. The summed E-state index contributed by atoms with van der Waals surface area (Å²) in [5.74, 6) is 0.907. The van der Waals surface area contributed by atoms with E-state index in [9.17, 15) is 0 Å². The molecule has 3 nitrogen and oxygen atoms in total. The number of hydrogen-bond donors (Lipinski definition) is 1. The summed E-state index contributed by atoms with van der Waals surface area (Å²) in [7, 11) is 3.66. The molecule has 1 aliphatic heterocycles. The fourth-order valence-electron chi connectivity index (χ4n) is 2.54. The Bertz CT molecular complexity index is 595. The summed E-state index contributed by atoms with van der Waals surface area (Å²) in [5, 5.41) is 3.19. The minimum absolute atomic E-state index is 0.907. The molecule has 1 N–H and O–H groups in total. The van der Waals surface area contributed by atoms with Crippen LogP contribution in [0.25, 0.3) is 0 Å². The van der Waals surface area contributed by atoms with Gasteiger partial charge in [-0.1, -0.05) is 12.1 Å². The van der Waals surface area contributed by atoms with Crippen molar-refractivity contribution in [2.24, 2.45) is 0 Å². The van der Waals surface area contributed by atoms with Crippen molar-refractivity contribution in [2.75, 3.05) is 24.4 Å². The maximum Gasteiger partial charge on any atom is 0.120 e. The van der Waals surface area contributed by atoms with E-state index in [4.69, 9.17) is 4.74 Å². The average molecular weight is 254 g/mol. The molecule has 0 saturated heterocycles. The number of nitrogens with one attached hydrogen (secondary N) is 1. The zero-order valence-electron chi connectivity index (χ0n) is 11.3. The summed E-state index contributed by atoms with van der Waals surface area (Å²) < 4.78 is 5.29. The van der Waals surface area contributed by atoms with E-state index in [0.717, 1.165) is 18.8 Å². The molecular formula is C16H18N2O. The number of nitrogens with zero attached hydrogens (tertiary/aromatic N) is 1. The van der Waals surface area contributed by atoms with Gasteiger partial charge < -0.3 is 15.0 Å². The maximum atomic E-state index is 5.29. The molecule has 1 heterocycles. The second-order valence-corrected chi connectivity index (χ2v) is 4.79. The van der Waals surface area contributed by atoms with Crippen LogP contribution in [0.5, 0.6) is 5.75 Å². The average Bonchev–Trinajstić information content (AvgIpc) is 2.90. The summed E-state index contributed by atoms with van der Waals surface area (Å²) in [6, 6.07) is 14.8. The monoisotopic (exact) mass is 254 g/mol. The highest BCUT2D eigenvalue weighted by Gasteiger charge is 2.19. The lowest BCUT2D eigenvalue weighted by Crippen LogP contribution is -2.14. The van der Waals surface area contributed by atoms with Crippen molar-refractivity contribution in [1.29, 1.82) is 0 Å². The number of methoxy groups -OCH3 is 1. The zero-order valence-corrected chi connectivity index (χ0v) is 11.3. The lowest BCUT2D eigenvalue weighted by molar-refractivity contribution is 0.415. The minimum Gasteiger partial charge on any atom is -0.497 e. The number of fused-ring (bicyclic) bond motifs is 1. The largest absolute Gasteiger partial charge is 0.497 e. The number of ether oxygens (including phenoxy) is 1. The first kappa shape index (κ1) is 11.9. The van der Waals surface area contributed by atoms with Crippen LogP contribution in [0.4, 0.5) is 11.4 Å². The standard InChI is InChI=1S/C16H18N2O/c1-17-14-7-6-12-10-18(11-13(12)8-14)15-4-3-5-16(9-15)19-2/h3-9,17H,10-11H2,1-2H3. The fraction of sp³-hybridized carbons (Fsp3) is 0.250. The molecule has 3 rings (SSSR count). The molecule has 98 valence electrons. The van der Waals surface area contributed by atoms with Gasteiger partial charge in [0, 0.05) is 37.6 Å². The molecule has 0 spiro atoms. The molecule has 19 heavy (non-hydrogen) atoms. The van der Waals surface area contributed by atoms with Gasteiger partial charge in [0.1, 0.15) is 5.75 Å². The molecule has 0 atom stereocenters. The molecule has 2 aromatic rings. The molecule has 0 amide bonds. The molecular weight excluding hydrogens is 236 g/mol. The van der Waals surface area contributed by atoms with Crippen LogP contribution in [0.2, 0.25) is 0 Å². The fourth-order valence-corrected chi connectivity index (χ4v) is 2.54. The van der Waals surface area contributed by atoms with Gasteiger partial charge in [0.05, 0.1) is 7.11 Å². The topological polar surface area (TPSA) is 24.5 Å². The number of benzene rings is 2. The van der Waals surface area contributed by atoms with Gasteiger partial charge in [-0.2, -0.15) is 0 Å². The number of hydrogen-bond acceptors (Lipinski definition) is 3. The predicted molar refractivity (Wildman–Crippen MR) is 78.9 cm³/mol. The first-order valence-electron chi connectivity index (χ1n) is 6.48. The van der Waals surface area contributed by atoms with E-state index in [0.29, 0.717) is 0 Å². The molecule has 2 aromatic carbocycles. The third-order valence-electron chi connectivity index (χ3n) is 3.64. The summed E-state index contributed by atoms with van der Waals surface area (Å²) >= 11 is 0. The first-order valence-corrected chi connectivity index (χ1v) is 6.48. The Balaban J connectivity index is 1.86. The van der Waals surface area contributed by atoms with Crippen LogP contribution in [0.1, 0.15) is 11.1 Å². The van der Waals surface area contributed by atoms with Crippen LogP contribution in [-0.4, -0.2) is 14.2 Å². The predicted octanol–water partition coefficient (Wildman–Crippen LogP) is 3.26. The zero-order chi connectivity index (χ0) is 13.2. The molecule has 0 unspecified atom stereocenters. The second kappa shape index (κ2) is 4.84. The van der Waals surface area contributed by atoms with E-state index in [-0.39, 0.29) is 0 Å². The van der Waals surface area contributed by atoms with Crippen LogP contribution in [0.15, 0.2) is 42.5 Å². The van der Waals surface area contributed by atoms with Gasteiger partial charge >= 0.3 is 0 Å². The van der Waals surface area contributed by atoms with Gasteiger partial charge in [-0.25, -0.2) is 0 Å². The van der Waals surface area contributed by atoms with E-state index < -0.39 is 0 Å². The van der Waals surface area contributed by atoms with Crippen molar-refractivity contribution < 1.29 is 4.74 Å². The smallest absolute Gasteiger partial charge is 0.120 e. The van der Waals surface area contributed by atoms with Gasteiger partial charge in [-0.3, -0.25) is 0 Å². The van der Waals surface area contributed by atoms with Gasteiger partial charge in [0.25, 0.3) is 0 Å². The van der Waals surface area contributed by atoms with Gasteiger partial charge in [0.15, 0.2) is 0 Å². The Morgan fingerprint density at radius 3 is 2.68 bits per heavy atom. The summed E-state index contributed by atoms with van der Waals surface area (Å²) in [4.78, 5) is 2.37. The van der Waals surface area contributed by atoms with Gasteiger partial charge in [0.2, 0.25) is 0 Å². The molecule has 3 heteroatoms.